The maximum absolute atomic E-state index is 12.2. The van der Waals surface area contributed by atoms with Crippen molar-refractivity contribution in [2.24, 2.45) is 5.73 Å². The highest BCUT2D eigenvalue weighted by atomic mass is 16.2. The first-order valence-corrected chi connectivity index (χ1v) is 6.88. The van der Waals surface area contributed by atoms with Crippen molar-refractivity contribution in [2.45, 2.75) is 13.0 Å². The van der Waals surface area contributed by atoms with Crippen LogP contribution in [0.25, 0.3) is 0 Å². The fourth-order valence-electron chi connectivity index (χ4n) is 2.20. The molecule has 3 N–H and O–H groups in total. The molecule has 0 bridgehead atoms. The summed E-state index contributed by atoms with van der Waals surface area (Å²) < 4.78 is 0. The van der Waals surface area contributed by atoms with Gasteiger partial charge in [0.1, 0.15) is 6.04 Å². The summed E-state index contributed by atoms with van der Waals surface area (Å²) in [7, 11) is 3.95. The molecule has 0 radical (unpaired) electrons. The number of benzene rings is 2. The highest BCUT2D eigenvalue weighted by molar-refractivity contribution is 5.95. The lowest BCUT2D eigenvalue weighted by Crippen LogP contribution is -2.27. The number of hydrogen-bond donors (Lipinski definition) is 2. The summed E-state index contributed by atoms with van der Waals surface area (Å²) in [6.45, 7) is 2.04. The molecule has 21 heavy (non-hydrogen) atoms. The van der Waals surface area contributed by atoms with Crippen molar-refractivity contribution < 1.29 is 4.79 Å². The lowest BCUT2D eigenvalue weighted by molar-refractivity contribution is -0.117. The van der Waals surface area contributed by atoms with Crippen LogP contribution >= 0.6 is 0 Å². The van der Waals surface area contributed by atoms with E-state index in [1.54, 1.807) is 0 Å². The Hall–Kier alpha value is -2.33. The van der Waals surface area contributed by atoms with Gasteiger partial charge in [-0.1, -0.05) is 36.4 Å². The number of amides is 1. The molecule has 1 atom stereocenters. The molecule has 0 spiro atoms. The van der Waals surface area contributed by atoms with Gasteiger partial charge in [0.05, 0.1) is 0 Å². The zero-order valence-corrected chi connectivity index (χ0v) is 12.6. The van der Waals surface area contributed by atoms with Crippen LogP contribution in [-0.2, 0) is 4.79 Å². The number of aryl methyl sites for hydroxylation is 1. The summed E-state index contributed by atoms with van der Waals surface area (Å²) in [5.74, 6) is -0.213. The van der Waals surface area contributed by atoms with Crippen molar-refractivity contribution in [3.63, 3.8) is 0 Å². The van der Waals surface area contributed by atoms with E-state index in [0.717, 1.165) is 22.5 Å². The van der Waals surface area contributed by atoms with Gasteiger partial charge in [-0.15, -0.1) is 0 Å². The fraction of sp³-hybridized carbons (Fsp3) is 0.235. The van der Waals surface area contributed by atoms with Crippen molar-refractivity contribution in [2.75, 3.05) is 24.3 Å². The molecule has 0 fully saturated rings. The standard InChI is InChI=1S/C17H21N3O/c1-12-9-10-14(11-15(12)20(2)3)19-17(21)16(18)13-7-5-4-6-8-13/h4-11,16H,18H2,1-3H3,(H,19,21)/t16-/m0/s1. The predicted octanol–water partition coefficient (Wildman–Crippen LogP) is 2.70. The molecule has 0 heterocycles. The van der Waals surface area contributed by atoms with Gasteiger partial charge in [-0.05, 0) is 30.2 Å². The van der Waals surface area contributed by atoms with E-state index in [4.69, 9.17) is 5.73 Å². The lowest BCUT2D eigenvalue weighted by atomic mass is 10.1. The molecule has 0 saturated carbocycles. The Bertz CT molecular complexity index is 623. The molecule has 2 aromatic rings. The third-order valence-electron chi connectivity index (χ3n) is 3.40. The first kappa shape index (κ1) is 15.1. The molecule has 0 aliphatic heterocycles. The second-order valence-electron chi connectivity index (χ2n) is 5.27. The van der Waals surface area contributed by atoms with Crippen molar-refractivity contribution in [3.8, 4) is 0 Å². The number of rotatable bonds is 4. The Morgan fingerprint density at radius 1 is 1.14 bits per heavy atom. The van der Waals surface area contributed by atoms with Crippen LogP contribution in [0.4, 0.5) is 11.4 Å². The number of carbonyl (C=O) groups excluding carboxylic acids is 1. The Morgan fingerprint density at radius 3 is 2.43 bits per heavy atom. The first-order chi connectivity index (χ1) is 9.99. The molecular weight excluding hydrogens is 262 g/mol. The normalized spacial score (nSPS) is 11.8. The smallest absolute Gasteiger partial charge is 0.245 e. The van der Waals surface area contributed by atoms with Crippen molar-refractivity contribution in [1.29, 1.82) is 0 Å². The largest absolute Gasteiger partial charge is 0.377 e. The molecular formula is C17H21N3O. The summed E-state index contributed by atoms with van der Waals surface area (Å²) >= 11 is 0. The minimum atomic E-state index is -0.671. The number of nitrogens with one attached hydrogen (secondary N) is 1. The van der Waals surface area contributed by atoms with Crippen LogP contribution in [-0.4, -0.2) is 20.0 Å². The summed E-state index contributed by atoms with van der Waals surface area (Å²) in [5, 5.41) is 2.87. The number of nitrogens with zero attached hydrogens (tertiary/aromatic N) is 1. The van der Waals surface area contributed by atoms with Gasteiger partial charge < -0.3 is 16.0 Å². The molecule has 0 saturated heterocycles. The fourth-order valence-corrected chi connectivity index (χ4v) is 2.20. The second-order valence-corrected chi connectivity index (χ2v) is 5.27. The average molecular weight is 283 g/mol. The van der Waals surface area contributed by atoms with E-state index in [1.165, 1.54) is 0 Å². The molecule has 1 amide bonds. The minimum absolute atomic E-state index is 0.213. The zero-order valence-electron chi connectivity index (χ0n) is 12.6. The monoisotopic (exact) mass is 283 g/mol. The highest BCUT2D eigenvalue weighted by Gasteiger charge is 2.15. The van der Waals surface area contributed by atoms with Gasteiger partial charge in [0.25, 0.3) is 0 Å². The highest BCUT2D eigenvalue weighted by Crippen LogP contribution is 2.23. The van der Waals surface area contributed by atoms with Gasteiger partial charge >= 0.3 is 0 Å². The van der Waals surface area contributed by atoms with Crippen molar-refractivity contribution >= 4 is 17.3 Å². The van der Waals surface area contributed by atoms with Crippen LogP contribution in [0.15, 0.2) is 48.5 Å². The van der Waals surface area contributed by atoms with Crippen LogP contribution in [0.3, 0.4) is 0 Å². The van der Waals surface area contributed by atoms with E-state index in [-0.39, 0.29) is 5.91 Å². The third-order valence-corrected chi connectivity index (χ3v) is 3.40. The quantitative estimate of drug-likeness (QED) is 0.907. The Balaban J connectivity index is 2.15. The summed E-state index contributed by atoms with van der Waals surface area (Å²) in [4.78, 5) is 14.2. The van der Waals surface area contributed by atoms with Crippen LogP contribution < -0.4 is 16.0 Å². The van der Waals surface area contributed by atoms with Gasteiger partial charge in [0.2, 0.25) is 5.91 Å². The van der Waals surface area contributed by atoms with Gasteiger partial charge in [0, 0.05) is 25.5 Å². The number of nitrogens with two attached hydrogens (primary N) is 1. The van der Waals surface area contributed by atoms with Crippen molar-refractivity contribution in [3.05, 3.63) is 59.7 Å². The van der Waals surface area contributed by atoms with Gasteiger partial charge in [0.15, 0.2) is 0 Å². The minimum Gasteiger partial charge on any atom is -0.377 e. The molecule has 4 heteroatoms. The van der Waals surface area contributed by atoms with Crippen molar-refractivity contribution in [1.82, 2.24) is 0 Å². The van der Waals surface area contributed by atoms with E-state index >= 15 is 0 Å². The predicted molar refractivity (Wildman–Crippen MR) is 87.5 cm³/mol. The molecule has 2 aromatic carbocycles. The Morgan fingerprint density at radius 2 is 1.81 bits per heavy atom. The third kappa shape index (κ3) is 3.61. The van der Waals surface area contributed by atoms with Gasteiger partial charge in [-0.3, -0.25) is 4.79 Å². The summed E-state index contributed by atoms with van der Waals surface area (Å²) in [6.07, 6.45) is 0. The van der Waals surface area contributed by atoms with Crippen LogP contribution in [0.2, 0.25) is 0 Å². The van der Waals surface area contributed by atoms with Crippen LogP contribution in [0, 0.1) is 6.92 Å². The zero-order chi connectivity index (χ0) is 15.4. The van der Waals surface area contributed by atoms with E-state index in [1.807, 2.05) is 74.4 Å². The molecule has 0 aliphatic rings. The summed E-state index contributed by atoms with van der Waals surface area (Å²) in [5.41, 5.74) is 9.77. The van der Waals surface area contributed by atoms with Crippen LogP contribution in [0.5, 0.6) is 0 Å². The molecule has 4 nitrogen and oxygen atoms in total. The molecule has 0 aliphatic carbocycles. The molecule has 0 unspecified atom stereocenters. The SMILES string of the molecule is Cc1ccc(NC(=O)[C@@H](N)c2ccccc2)cc1N(C)C. The van der Waals surface area contributed by atoms with E-state index < -0.39 is 6.04 Å². The second kappa shape index (κ2) is 6.41. The van der Waals surface area contributed by atoms with Crippen LogP contribution in [0.1, 0.15) is 17.2 Å². The number of carbonyl (C=O) groups is 1. The lowest BCUT2D eigenvalue weighted by Gasteiger charge is -2.18. The number of hydrogen-bond acceptors (Lipinski definition) is 3. The Kier molecular flexibility index (Phi) is 4.60. The summed E-state index contributed by atoms with van der Waals surface area (Å²) in [6, 6.07) is 14.5. The molecule has 0 aromatic heterocycles. The first-order valence-electron chi connectivity index (χ1n) is 6.88. The maximum Gasteiger partial charge on any atom is 0.245 e. The van der Waals surface area contributed by atoms with Gasteiger partial charge in [-0.25, -0.2) is 0 Å². The average Bonchev–Trinajstić information content (AvgIpc) is 2.49. The molecule has 110 valence electrons. The van der Waals surface area contributed by atoms with E-state index in [2.05, 4.69) is 5.32 Å². The van der Waals surface area contributed by atoms with E-state index in [0.29, 0.717) is 0 Å². The van der Waals surface area contributed by atoms with E-state index in [9.17, 15) is 4.79 Å². The maximum atomic E-state index is 12.2. The number of anilines is 2. The topological polar surface area (TPSA) is 58.4 Å². The molecule has 2 rings (SSSR count). The van der Waals surface area contributed by atoms with Gasteiger partial charge in [-0.2, -0.15) is 0 Å². The Labute approximate surface area is 125 Å².